The third kappa shape index (κ3) is 4.72. The lowest BCUT2D eigenvalue weighted by atomic mass is 10.2. The Morgan fingerprint density at radius 1 is 0.957 bits per heavy atom. The molecule has 0 aromatic carbocycles. The van der Waals surface area contributed by atoms with Crippen molar-refractivity contribution >= 4 is 17.0 Å². The summed E-state index contributed by atoms with van der Waals surface area (Å²) in [5.74, 6) is 14.1. The van der Waals surface area contributed by atoms with E-state index in [1.165, 1.54) is 0 Å². The molecule has 0 amide bonds. The molecule has 0 bridgehead atoms. The molecule has 0 aliphatic carbocycles. The van der Waals surface area contributed by atoms with Gasteiger partial charge in [0.2, 0.25) is 5.82 Å². The van der Waals surface area contributed by atoms with E-state index in [1.807, 2.05) is 7.05 Å². The first-order valence-corrected chi connectivity index (χ1v) is 8.21. The van der Waals surface area contributed by atoms with Crippen molar-refractivity contribution in [3.05, 3.63) is 11.6 Å². The van der Waals surface area contributed by atoms with Gasteiger partial charge >= 0.3 is 0 Å². The minimum atomic E-state index is 0.495. The molecule has 2 heterocycles. The van der Waals surface area contributed by atoms with Crippen LogP contribution in [-0.2, 0) is 0 Å². The number of nitrogens with zero attached hydrogens (tertiary/aromatic N) is 3. The van der Waals surface area contributed by atoms with Crippen molar-refractivity contribution in [3.8, 4) is 23.7 Å². The predicted molar refractivity (Wildman–Crippen MR) is 94.0 cm³/mol. The zero-order valence-corrected chi connectivity index (χ0v) is 14.1. The van der Waals surface area contributed by atoms with Crippen LogP contribution in [0.15, 0.2) is 0 Å². The molecule has 2 N–H and O–H groups in total. The molecule has 5 nitrogen and oxygen atoms in total. The Kier molecular flexibility index (Phi) is 6.44. The lowest BCUT2D eigenvalue weighted by molar-refractivity contribution is 0.828. The van der Waals surface area contributed by atoms with Crippen LogP contribution in [-0.4, -0.2) is 27.0 Å². The lowest BCUT2D eigenvalue weighted by Crippen LogP contribution is -1.98. The molecule has 2 aromatic heterocycles. The number of hydrogen-bond donors (Lipinski definition) is 2. The van der Waals surface area contributed by atoms with Crippen LogP contribution in [0, 0.1) is 23.7 Å². The normalized spacial score (nSPS) is 9.87. The van der Waals surface area contributed by atoms with Gasteiger partial charge in [0.05, 0.1) is 0 Å². The SMILES string of the molecule is CCCCC#Cc1nc(NC)c2[nH]c(C#CCCCC)nc2n1. The first kappa shape index (κ1) is 16.8. The molecule has 5 heteroatoms. The van der Waals surface area contributed by atoms with E-state index in [1.54, 1.807) is 0 Å². The highest BCUT2D eigenvalue weighted by Crippen LogP contribution is 2.17. The molecule has 120 valence electrons. The van der Waals surface area contributed by atoms with Gasteiger partial charge in [-0.3, -0.25) is 0 Å². The fraction of sp³-hybridized carbons (Fsp3) is 0.500. The molecule has 0 aliphatic heterocycles. The maximum Gasteiger partial charge on any atom is 0.209 e. The molecule has 0 saturated carbocycles. The summed E-state index contributed by atoms with van der Waals surface area (Å²) < 4.78 is 0. The summed E-state index contributed by atoms with van der Waals surface area (Å²) in [6, 6.07) is 0. The maximum absolute atomic E-state index is 4.44. The zero-order valence-electron chi connectivity index (χ0n) is 14.1. The fourth-order valence-electron chi connectivity index (χ4n) is 2.01. The smallest absolute Gasteiger partial charge is 0.209 e. The molecule has 2 rings (SSSR count). The van der Waals surface area contributed by atoms with E-state index in [2.05, 4.69) is 62.8 Å². The van der Waals surface area contributed by atoms with E-state index >= 15 is 0 Å². The molecule has 0 fully saturated rings. The quantitative estimate of drug-likeness (QED) is 0.655. The summed E-state index contributed by atoms with van der Waals surface area (Å²) in [5, 5.41) is 3.06. The van der Waals surface area contributed by atoms with Gasteiger partial charge in [0.1, 0.15) is 5.52 Å². The standard InChI is InChI=1S/C18H23N5/c1-4-6-8-10-12-14-20-16-17(19-3)21-15(23-18(16)22-14)13-11-9-7-5-2/h4-9H2,1-3H3,(H2,19,20,21,22,23). The van der Waals surface area contributed by atoms with Crippen molar-refractivity contribution in [2.24, 2.45) is 0 Å². The second-order valence-corrected chi connectivity index (χ2v) is 5.24. The summed E-state index contributed by atoms with van der Waals surface area (Å²) in [5.41, 5.74) is 1.37. The monoisotopic (exact) mass is 309 g/mol. The van der Waals surface area contributed by atoms with Crippen molar-refractivity contribution in [2.75, 3.05) is 12.4 Å². The number of rotatable bonds is 5. The van der Waals surface area contributed by atoms with Crippen molar-refractivity contribution < 1.29 is 0 Å². The van der Waals surface area contributed by atoms with Crippen molar-refractivity contribution in [3.63, 3.8) is 0 Å². The minimum absolute atomic E-state index is 0.495. The van der Waals surface area contributed by atoms with E-state index < -0.39 is 0 Å². The molecule has 0 aliphatic rings. The zero-order chi connectivity index (χ0) is 16.5. The molecule has 0 unspecified atom stereocenters. The van der Waals surface area contributed by atoms with E-state index in [4.69, 9.17) is 0 Å². The van der Waals surface area contributed by atoms with E-state index in [-0.39, 0.29) is 0 Å². The molecule has 0 atom stereocenters. The lowest BCUT2D eigenvalue weighted by Gasteiger charge is -1.99. The first-order chi connectivity index (χ1) is 11.3. The molecular weight excluding hydrogens is 286 g/mol. The molecule has 0 spiro atoms. The summed E-state index contributed by atoms with van der Waals surface area (Å²) in [4.78, 5) is 16.4. The Balaban J connectivity index is 2.28. The Morgan fingerprint density at radius 3 is 2.30 bits per heavy atom. The molecular formula is C18H23N5. The van der Waals surface area contributed by atoms with Crippen LogP contribution in [0.1, 0.15) is 64.0 Å². The number of unbranched alkanes of at least 4 members (excludes halogenated alkanes) is 4. The number of imidazole rings is 1. The van der Waals surface area contributed by atoms with Gasteiger partial charge in [0, 0.05) is 19.9 Å². The number of H-pyrrole nitrogens is 1. The van der Waals surface area contributed by atoms with Crippen molar-refractivity contribution in [1.29, 1.82) is 0 Å². The number of hydrogen-bond acceptors (Lipinski definition) is 4. The average molecular weight is 309 g/mol. The predicted octanol–water partition coefficient (Wildman–Crippen LogP) is 3.48. The van der Waals surface area contributed by atoms with Crippen LogP contribution in [0.4, 0.5) is 5.82 Å². The van der Waals surface area contributed by atoms with Crippen molar-refractivity contribution in [2.45, 2.75) is 52.4 Å². The van der Waals surface area contributed by atoms with Gasteiger partial charge in [-0.15, -0.1) is 0 Å². The van der Waals surface area contributed by atoms with E-state index in [0.717, 1.165) is 44.0 Å². The third-order valence-corrected chi connectivity index (χ3v) is 3.31. The molecule has 23 heavy (non-hydrogen) atoms. The molecule has 0 saturated heterocycles. The van der Waals surface area contributed by atoms with Gasteiger partial charge in [0.15, 0.2) is 17.3 Å². The highest BCUT2D eigenvalue weighted by atomic mass is 15.1. The van der Waals surface area contributed by atoms with Crippen LogP contribution in [0.5, 0.6) is 0 Å². The van der Waals surface area contributed by atoms with Crippen LogP contribution in [0.2, 0.25) is 0 Å². The highest BCUT2D eigenvalue weighted by molar-refractivity contribution is 5.83. The maximum atomic E-state index is 4.44. The Labute approximate surface area is 137 Å². The van der Waals surface area contributed by atoms with E-state index in [0.29, 0.717) is 23.1 Å². The number of nitrogens with one attached hydrogen (secondary N) is 2. The largest absolute Gasteiger partial charge is 0.371 e. The van der Waals surface area contributed by atoms with Crippen LogP contribution in [0.3, 0.4) is 0 Å². The van der Waals surface area contributed by atoms with Gasteiger partial charge in [-0.1, -0.05) is 38.5 Å². The Hall–Kier alpha value is -2.53. The third-order valence-electron chi connectivity index (χ3n) is 3.31. The van der Waals surface area contributed by atoms with Gasteiger partial charge < -0.3 is 10.3 Å². The average Bonchev–Trinajstić information content (AvgIpc) is 2.97. The first-order valence-electron chi connectivity index (χ1n) is 8.21. The summed E-state index contributed by atoms with van der Waals surface area (Å²) in [7, 11) is 1.82. The van der Waals surface area contributed by atoms with Gasteiger partial charge in [-0.25, -0.2) is 9.97 Å². The van der Waals surface area contributed by atoms with Crippen molar-refractivity contribution in [1.82, 2.24) is 19.9 Å². The van der Waals surface area contributed by atoms with Gasteiger partial charge in [-0.2, -0.15) is 4.98 Å². The van der Waals surface area contributed by atoms with Gasteiger partial charge in [0.25, 0.3) is 0 Å². The topological polar surface area (TPSA) is 66.5 Å². The highest BCUT2D eigenvalue weighted by Gasteiger charge is 2.10. The fourth-order valence-corrected chi connectivity index (χ4v) is 2.01. The number of aromatic nitrogens is 4. The Morgan fingerprint density at radius 2 is 1.65 bits per heavy atom. The second-order valence-electron chi connectivity index (χ2n) is 5.24. The van der Waals surface area contributed by atoms with Gasteiger partial charge in [-0.05, 0) is 24.7 Å². The van der Waals surface area contributed by atoms with E-state index in [9.17, 15) is 0 Å². The minimum Gasteiger partial charge on any atom is -0.371 e. The summed E-state index contributed by atoms with van der Waals surface area (Å²) in [6.07, 6.45) is 6.22. The summed E-state index contributed by atoms with van der Waals surface area (Å²) in [6.45, 7) is 4.30. The summed E-state index contributed by atoms with van der Waals surface area (Å²) >= 11 is 0. The molecule has 2 aromatic rings. The van der Waals surface area contributed by atoms with Crippen LogP contribution < -0.4 is 5.32 Å². The van der Waals surface area contributed by atoms with Crippen LogP contribution >= 0.6 is 0 Å². The Bertz CT molecular complexity index is 768. The molecule has 0 radical (unpaired) electrons. The number of fused-ring (bicyclic) bond motifs is 1. The number of anilines is 1. The number of aromatic amines is 1. The second kappa shape index (κ2) is 8.80. The van der Waals surface area contributed by atoms with Crippen LogP contribution in [0.25, 0.3) is 11.2 Å².